The highest BCUT2D eigenvalue weighted by atomic mass is 35.5. The van der Waals surface area contributed by atoms with Crippen molar-refractivity contribution in [1.29, 1.82) is 0 Å². The lowest BCUT2D eigenvalue weighted by atomic mass is 10.0. The van der Waals surface area contributed by atoms with E-state index in [0.29, 0.717) is 10.3 Å². The van der Waals surface area contributed by atoms with Crippen LogP contribution in [0, 0.1) is 0 Å². The molecule has 0 saturated heterocycles. The molecule has 0 aliphatic heterocycles. The highest BCUT2D eigenvalue weighted by molar-refractivity contribution is 6.37. The van der Waals surface area contributed by atoms with E-state index in [9.17, 15) is 0 Å². The molecule has 0 radical (unpaired) electrons. The Bertz CT molecular complexity index is 692. The number of nitrogens with zero attached hydrogens (tertiary/aromatic N) is 1. The molecule has 0 fully saturated rings. The Labute approximate surface area is 103 Å². The zero-order chi connectivity index (χ0) is 11.1. The molecule has 1 nitrogen and oxygen atoms in total. The predicted octanol–water partition coefficient (Wildman–Crippen LogP) is 4.69. The Balaban J connectivity index is 2.59. The first-order valence-electron chi connectivity index (χ1n) is 4.89. The summed E-state index contributed by atoms with van der Waals surface area (Å²) >= 11 is 12.0. The average molecular weight is 248 g/mol. The van der Waals surface area contributed by atoms with Crippen molar-refractivity contribution < 1.29 is 0 Å². The summed E-state index contributed by atoms with van der Waals surface area (Å²) in [5, 5.41) is 5.18. The monoisotopic (exact) mass is 247 g/mol. The minimum Gasteiger partial charge on any atom is -0.224 e. The second-order valence-corrected chi connectivity index (χ2v) is 4.36. The molecular formula is C13H7Cl2N. The van der Waals surface area contributed by atoms with Crippen molar-refractivity contribution in [2.24, 2.45) is 0 Å². The van der Waals surface area contributed by atoms with Crippen LogP contribution in [0.4, 0.5) is 0 Å². The highest BCUT2D eigenvalue weighted by Gasteiger charge is 2.05. The summed E-state index contributed by atoms with van der Waals surface area (Å²) in [5.74, 6) is 0. The van der Waals surface area contributed by atoms with Crippen molar-refractivity contribution in [3.8, 4) is 0 Å². The smallest absolute Gasteiger partial charge is 0.138 e. The molecule has 0 unspecified atom stereocenters. The van der Waals surface area contributed by atoms with Crippen LogP contribution in [0.15, 0.2) is 42.5 Å². The minimum absolute atomic E-state index is 0.425. The molecule has 78 valence electrons. The maximum absolute atomic E-state index is 6.07. The molecule has 0 aliphatic rings. The number of fused-ring (bicyclic) bond motifs is 3. The first-order valence-corrected chi connectivity index (χ1v) is 5.65. The van der Waals surface area contributed by atoms with Gasteiger partial charge in [-0.3, -0.25) is 0 Å². The Morgan fingerprint density at radius 2 is 1.62 bits per heavy atom. The fraction of sp³-hybridized carbons (Fsp3) is 0. The SMILES string of the molecule is Clc1cc2c(ccc3ccccc32)c(Cl)n1. The van der Waals surface area contributed by atoms with Crippen LogP contribution in [-0.2, 0) is 0 Å². The Kier molecular flexibility index (Phi) is 2.23. The third-order valence-corrected chi connectivity index (χ3v) is 3.14. The molecule has 0 saturated carbocycles. The van der Waals surface area contributed by atoms with Gasteiger partial charge in [0, 0.05) is 5.39 Å². The molecule has 1 aromatic heterocycles. The predicted molar refractivity (Wildman–Crippen MR) is 69.3 cm³/mol. The van der Waals surface area contributed by atoms with E-state index in [0.717, 1.165) is 16.2 Å². The number of halogens is 2. The van der Waals surface area contributed by atoms with E-state index >= 15 is 0 Å². The van der Waals surface area contributed by atoms with Gasteiger partial charge in [-0.05, 0) is 22.2 Å². The summed E-state index contributed by atoms with van der Waals surface area (Å²) in [6.45, 7) is 0. The Morgan fingerprint density at radius 3 is 2.50 bits per heavy atom. The van der Waals surface area contributed by atoms with Crippen LogP contribution in [0.25, 0.3) is 21.5 Å². The molecule has 0 N–H and O–H groups in total. The molecule has 3 aromatic rings. The third kappa shape index (κ3) is 1.44. The molecule has 1 heterocycles. The molecule has 0 amide bonds. The van der Waals surface area contributed by atoms with Crippen molar-refractivity contribution >= 4 is 44.7 Å². The second-order valence-electron chi connectivity index (χ2n) is 3.62. The van der Waals surface area contributed by atoms with Crippen LogP contribution < -0.4 is 0 Å². The molecule has 3 rings (SSSR count). The van der Waals surface area contributed by atoms with E-state index in [2.05, 4.69) is 17.1 Å². The normalized spacial score (nSPS) is 11.1. The summed E-state index contributed by atoms with van der Waals surface area (Å²) in [5.41, 5.74) is 0. The van der Waals surface area contributed by atoms with Gasteiger partial charge < -0.3 is 0 Å². The molecule has 3 heteroatoms. The van der Waals surface area contributed by atoms with E-state index in [1.54, 1.807) is 0 Å². The number of pyridine rings is 1. The number of benzene rings is 2. The van der Waals surface area contributed by atoms with Gasteiger partial charge in [0.2, 0.25) is 0 Å². The molecule has 0 atom stereocenters. The lowest BCUT2D eigenvalue weighted by Gasteiger charge is -2.05. The summed E-state index contributed by atoms with van der Waals surface area (Å²) in [7, 11) is 0. The van der Waals surface area contributed by atoms with Gasteiger partial charge in [-0.25, -0.2) is 4.98 Å². The maximum Gasteiger partial charge on any atom is 0.138 e. The van der Waals surface area contributed by atoms with Gasteiger partial charge in [0.25, 0.3) is 0 Å². The van der Waals surface area contributed by atoms with Crippen LogP contribution in [0.5, 0.6) is 0 Å². The Hall–Kier alpha value is -1.31. The fourth-order valence-electron chi connectivity index (χ4n) is 1.94. The lowest BCUT2D eigenvalue weighted by molar-refractivity contribution is 1.36. The van der Waals surface area contributed by atoms with Crippen molar-refractivity contribution in [3.63, 3.8) is 0 Å². The molecule has 16 heavy (non-hydrogen) atoms. The van der Waals surface area contributed by atoms with Gasteiger partial charge in [0.05, 0.1) is 0 Å². The highest BCUT2D eigenvalue weighted by Crippen LogP contribution is 2.30. The number of rotatable bonds is 0. The number of aromatic nitrogens is 1. The van der Waals surface area contributed by atoms with Crippen molar-refractivity contribution in [2.45, 2.75) is 0 Å². The van der Waals surface area contributed by atoms with Gasteiger partial charge in [-0.1, -0.05) is 59.6 Å². The summed E-state index contributed by atoms with van der Waals surface area (Å²) < 4.78 is 0. The van der Waals surface area contributed by atoms with E-state index < -0.39 is 0 Å². The van der Waals surface area contributed by atoms with Crippen LogP contribution in [0.1, 0.15) is 0 Å². The van der Waals surface area contributed by atoms with Gasteiger partial charge in [-0.15, -0.1) is 0 Å². The van der Waals surface area contributed by atoms with Crippen LogP contribution >= 0.6 is 23.2 Å². The second kappa shape index (κ2) is 3.62. The van der Waals surface area contributed by atoms with Crippen molar-refractivity contribution in [2.75, 3.05) is 0 Å². The van der Waals surface area contributed by atoms with Crippen LogP contribution in [0.3, 0.4) is 0 Å². The Morgan fingerprint density at radius 1 is 0.812 bits per heavy atom. The summed E-state index contributed by atoms with van der Waals surface area (Å²) in [6.07, 6.45) is 0. The van der Waals surface area contributed by atoms with Gasteiger partial charge >= 0.3 is 0 Å². The molecule has 0 bridgehead atoms. The summed E-state index contributed by atoms with van der Waals surface area (Å²) in [6, 6.07) is 14.0. The zero-order valence-electron chi connectivity index (χ0n) is 8.24. The van der Waals surface area contributed by atoms with Crippen LogP contribution in [-0.4, -0.2) is 4.98 Å². The van der Waals surface area contributed by atoms with E-state index in [1.165, 1.54) is 5.39 Å². The van der Waals surface area contributed by atoms with E-state index in [1.807, 2.05) is 30.3 Å². The molecule has 2 aromatic carbocycles. The lowest BCUT2D eigenvalue weighted by Crippen LogP contribution is -1.83. The third-order valence-electron chi connectivity index (χ3n) is 2.66. The van der Waals surface area contributed by atoms with Crippen LogP contribution in [0.2, 0.25) is 10.3 Å². The van der Waals surface area contributed by atoms with Gasteiger partial charge in [-0.2, -0.15) is 0 Å². The summed E-state index contributed by atoms with van der Waals surface area (Å²) in [4.78, 5) is 4.04. The topological polar surface area (TPSA) is 12.9 Å². The standard InChI is InChI=1S/C13H7Cl2N/c14-12-7-11-9-4-2-1-3-8(9)5-6-10(11)13(15)16-12/h1-7H. The minimum atomic E-state index is 0.425. The molecule has 0 spiro atoms. The van der Waals surface area contributed by atoms with Crippen molar-refractivity contribution in [3.05, 3.63) is 52.8 Å². The molecule has 0 aliphatic carbocycles. The first-order chi connectivity index (χ1) is 7.75. The molecular weight excluding hydrogens is 241 g/mol. The van der Waals surface area contributed by atoms with Gasteiger partial charge in [0.1, 0.15) is 10.3 Å². The number of hydrogen-bond donors (Lipinski definition) is 0. The maximum atomic E-state index is 6.07. The quantitative estimate of drug-likeness (QED) is 0.415. The van der Waals surface area contributed by atoms with Crippen molar-refractivity contribution in [1.82, 2.24) is 4.98 Å². The van der Waals surface area contributed by atoms with Gasteiger partial charge in [0.15, 0.2) is 0 Å². The van der Waals surface area contributed by atoms with E-state index in [4.69, 9.17) is 23.2 Å². The number of hydrogen-bond acceptors (Lipinski definition) is 1. The average Bonchev–Trinajstić information content (AvgIpc) is 2.28. The zero-order valence-corrected chi connectivity index (χ0v) is 9.76. The fourth-order valence-corrected chi connectivity index (χ4v) is 2.43. The van der Waals surface area contributed by atoms with E-state index in [-0.39, 0.29) is 0 Å². The largest absolute Gasteiger partial charge is 0.224 e. The first kappa shape index (κ1) is 9.88.